The first-order chi connectivity index (χ1) is 13.3. The molecule has 0 unspecified atom stereocenters. The number of fused-ring (bicyclic) bond motifs is 1. The van der Waals surface area contributed by atoms with Crippen molar-refractivity contribution in [2.24, 2.45) is 5.92 Å². The Hall–Kier alpha value is -0.960. The molecule has 4 atom stereocenters. The van der Waals surface area contributed by atoms with Crippen molar-refractivity contribution in [2.45, 2.75) is 94.0 Å². The van der Waals surface area contributed by atoms with E-state index in [1.54, 1.807) is 6.20 Å². The van der Waals surface area contributed by atoms with Crippen molar-refractivity contribution in [2.75, 3.05) is 12.9 Å². The highest BCUT2D eigenvalue weighted by Gasteiger charge is 2.58. The largest absolute Gasteiger partial charge is 0.375 e. The van der Waals surface area contributed by atoms with E-state index >= 15 is 0 Å². The van der Waals surface area contributed by atoms with Gasteiger partial charge in [0.25, 0.3) is 0 Å². The second-order valence-electron chi connectivity index (χ2n) is 9.15. The van der Waals surface area contributed by atoms with Gasteiger partial charge >= 0.3 is 5.69 Å². The maximum absolute atomic E-state index is 12.6. The SMILES string of the molecule is CSc1cnn([C@H]2C[C@@H](COC(C)(C)C)[C@@H]3OC4(CCCCC4)O[C@@H]32)c(=O)n1. The first kappa shape index (κ1) is 20.3. The summed E-state index contributed by atoms with van der Waals surface area (Å²) in [6, 6.07) is -0.171. The molecule has 4 rings (SSSR count). The van der Waals surface area contributed by atoms with Crippen LogP contribution in [0.25, 0.3) is 0 Å². The second-order valence-corrected chi connectivity index (χ2v) is 9.98. The number of nitrogens with zero attached hydrogens (tertiary/aromatic N) is 3. The summed E-state index contributed by atoms with van der Waals surface area (Å²) in [5.74, 6) is -0.327. The third-order valence-electron chi connectivity index (χ3n) is 5.98. The lowest BCUT2D eigenvalue weighted by atomic mass is 9.94. The number of aromatic nitrogens is 3. The molecular formula is C20H31N3O4S. The van der Waals surface area contributed by atoms with Crippen molar-refractivity contribution < 1.29 is 14.2 Å². The van der Waals surface area contributed by atoms with Crippen molar-refractivity contribution in [3.05, 3.63) is 16.7 Å². The minimum Gasteiger partial charge on any atom is -0.375 e. The highest BCUT2D eigenvalue weighted by molar-refractivity contribution is 7.98. The van der Waals surface area contributed by atoms with E-state index in [0.717, 1.165) is 32.1 Å². The van der Waals surface area contributed by atoms with E-state index in [1.165, 1.54) is 22.9 Å². The van der Waals surface area contributed by atoms with Crippen molar-refractivity contribution >= 4 is 11.8 Å². The zero-order valence-corrected chi connectivity index (χ0v) is 18.0. The Morgan fingerprint density at radius 2 is 1.96 bits per heavy atom. The molecule has 28 heavy (non-hydrogen) atoms. The van der Waals surface area contributed by atoms with Crippen LogP contribution in [0.2, 0.25) is 0 Å². The minimum absolute atomic E-state index is 0.0700. The van der Waals surface area contributed by atoms with Crippen molar-refractivity contribution in [3.8, 4) is 0 Å². The van der Waals surface area contributed by atoms with E-state index in [0.29, 0.717) is 11.6 Å². The Labute approximate surface area is 170 Å². The van der Waals surface area contributed by atoms with Gasteiger partial charge in [-0.3, -0.25) is 0 Å². The molecule has 0 amide bonds. The maximum atomic E-state index is 12.6. The van der Waals surface area contributed by atoms with Crippen molar-refractivity contribution in [1.82, 2.24) is 14.8 Å². The summed E-state index contributed by atoms with van der Waals surface area (Å²) in [6.07, 6.45) is 9.35. The maximum Gasteiger partial charge on any atom is 0.365 e. The Bertz CT molecular complexity index is 757. The summed E-state index contributed by atoms with van der Waals surface area (Å²) in [4.78, 5) is 16.8. The van der Waals surface area contributed by atoms with Crippen LogP contribution in [-0.2, 0) is 14.2 Å². The highest BCUT2D eigenvalue weighted by atomic mass is 32.2. The van der Waals surface area contributed by atoms with Gasteiger partial charge in [-0.25, -0.2) is 9.48 Å². The summed E-state index contributed by atoms with van der Waals surface area (Å²) in [6.45, 7) is 6.76. The van der Waals surface area contributed by atoms with Gasteiger partial charge in [-0.05, 0) is 46.3 Å². The molecule has 156 valence electrons. The van der Waals surface area contributed by atoms with E-state index in [9.17, 15) is 4.79 Å². The molecule has 3 fully saturated rings. The summed E-state index contributed by atoms with van der Waals surface area (Å²) in [5.41, 5.74) is -0.534. The molecule has 1 aliphatic heterocycles. The molecule has 7 nitrogen and oxygen atoms in total. The van der Waals surface area contributed by atoms with Crippen LogP contribution in [0, 0.1) is 5.92 Å². The number of hydrogen-bond acceptors (Lipinski definition) is 7. The summed E-state index contributed by atoms with van der Waals surface area (Å²) in [5, 5.41) is 5.05. The molecule has 1 aromatic rings. The van der Waals surface area contributed by atoms with Gasteiger partial charge < -0.3 is 14.2 Å². The molecular weight excluding hydrogens is 378 g/mol. The van der Waals surface area contributed by atoms with Gasteiger partial charge in [-0.2, -0.15) is 10.1 Å². The van der Waals surface area contributed by atoms with Crippen molar-refractivity contribution in [1.29, 1.82) is 0 Å². The van der Waals surface area contributed by atoms with E-state index in [1.807, 2.05) is 6.26 Å². The standard InChI is InChI=1S/C20H31N3O4S/c1-19(2,3)25-12-13-10-14(23-18(24)22-15(28-4)11-21-23)17-16(13)26-20(27-17)8-6-5-7-9-20/h11,13-14,16-17H,5-10,12H2,1-4H3/t13-,14-,16-,17+/m0/s1. The van der Waals surface area contributed by atoms with Gasteiger partial charge in [-0.1, -0.05) is 6.42 Å². The zero-order valence-electron chi connectivity index (χ0n) is 17.2. The average molecular weight is 410 g/mol. The van der Waals surface area contributed by atoms with Gasteiger partial charge in [0.1, 0.15) is 11.1 Å². The first-order valence-electron chi connectivity index (χ1n) is 10.3. The first-order valence-corrected chi connectivity index (χ1v) is 11.5. The minimum atomic E-state index is -0.498. The smallest absolute Gasteiger partial charge is 0.365 e. The van der Waals surface area contributed by atoms with Gasteiger partial charge in [0, 0.05) is 18.8 Å². The van der Waals surface area contributed by atoms with Crippen LogP contribution < -0.4 is 5.69 Å². The number of thioether (sulfide) groups is 1. The quantitative estimate of drug-likeness (QED) is 0.707. The third-order valence-corrected chi connectivity index (χ3v) is 6.59. The Morgan fingerprint density at radius 1 is 1.25 bits per heavy atom. The number of ether oxygens (including phenoxy) is 3. The molecule has 1 spiro atoms. The zero-order chi connectivity index (χ0) is 19.9. The van der Waals surface area contributed by atoms with Crippen LogP contribution in [0.5, 0.6) is 0 Å². The highest BCUT2D eigenvalue weighted by Crippen LogP contribution is 2.50. The molecule has 1 saturated heterocycles. The van der Waals surface area contributed by atoms with E-state index < -0.39 is 5.79 Å². The normalized spacial score (nSPS) is 32.0. The lowest BCUT2D eigenvalue weighted by Gasteiger charge is -2.34. The molecule has 3 aliphatic rings. The molecule has 2 aliphatic carbocycles. The molecule has 1 aromatic heterocycles. The molecule has 0 N–H and O–H groups in total. The molecule has 8 heteroatoms. The lowest BCUT2D eigenvalue weighted by molar-refractivity contribution is -0.208. The lowest BCUT2D eigenvalue weighted by Crippen LogP contribution is -2.38. The summed E-state index contributed by atoms with van der Waals surface area (Å²) >= 11 is 1.42. The summed E-state index contributed by atoms with van der Waals surface area (Å²) in [7, 11) is 0. The van der Waals surface area contributed by atoms with Crippen LogP contribution in [0.3, 0.4) is 0 Å². The predicted molar refractivity (Wildman–Crippen MR) is 106 cm³/mol. The Morgan fingerprint density at radius 3 is 2.61 bits per heavy atom. The van der Waals surface area contributed by atoms with Crippen LogP contribution in [0.1, 0.15) is 65.3 Å². The molecule has 2 saturated carbocycles. The average Bonchev–Trinajstić information content (AvgIpc) is 3.15. The molecule has 0 bridgehead atoms. The van der Waals surface area contributed by atoms with Gasteiger partial charge in [0.05, 0.1) is 30.6 Å². The second kappa shape index (κ2) is 7.70. The van der Waals surface area contributed by atoms with Crippen LogP contribution in [0.15, 0.2) is 16.0 Å². The van der Waals surface area contributed by atoms with Gasteiger partial charge in [-0.15, -0.1) is 11.8 Å². The van der Waals surface area contributed by atoms with E-state index in [-0.39, 0.29) is 35.5 Å². The fourth-order valence-electron chi connectivity index (χ4n) is 4.64. The van der Waals surface area contributed by atoms with Crippen LogP contribution in [0.4, 0.5) is 0 Å². The van der Waals surface area contributed by atoms with Crippen molar-refractivity contribution in [3.63, 3.8) is 0 Å². The molecule has 2 heterocycles. The Balaban J connectivity index is 1.61. The summed E-state index contributed by atoms with van der Waals surface area (Å²) < 4.78 is 20.7. The predicted octanol–water partition coefficient (Wildman–Crippen LogP) is 3.18. The number of hydrogen-bond donors (Lipinski definition) is 0. The third kappa shape index (κ3) is 4.01. The molecule has 0 aromatic carbocycles. The van der Waals surface area contributed by atoms with Gasteiger partial charge in [0.2, 0.25) is 0 Å². The topological polar surface area (TPSA) is 75.5 Å². The fraction of sp³-hybridized carbons (Fsp3) is 0.850. The Kier molecular flexibility index (Phi) is 5.59. The monoisotopic (exact) mass is 409 g/mol. The van der Waals surface area contributed by atoms with Gasteiger partial charge in [0.15, 0.2) is 5.79 Å². The van der Waals surface area contributed by atoms with Crippen LogP contribution >= 0.6 is 11.8 Å². The number of rotatable bonds is 4. The fourth-order valence-corrected chi connectivity index (χ4v) is 4.97. The molecule has 0 radical (unpaired) electrons. The van der Waals surface area contributed by atoms with Crippen LogP contribution in [-0.4, -0.2) is 51.2 Å². The van der Waals surface area contributed by atoms with E-state index in [2.05, 4.69) is 30.9 Å². The van der Waals surface area contributed by atoms with E-state index in [4.69, 9.17) is 14.2 Å².